The topological polar surface area (TPSA) is 95.9 Å². The van der Waals surface area contributed by atoms with Gasteiger partial charge in [0.1, 0.15) is 6.54 Å². The highest BCUT2D eigenvalue weighted by Gasteiger charge is 2.19. The summed E-state index contributed by atoms with van der Waals surface area (Å²) < 4.78 is 35.7. The van der Waals surface area contributed by atoms with Crippen molar-refractivity contribution in [3.63, 3.8) is 0 Å². The number of carbonyl (C=O) groups excluding carboxylic acids is 1. The highest BCUT2D eigenvalue weighted by Crippen LogP contribution is 2.26. The summed E-state index contributed by atoms with van der Waals surface area (Å²) in [6, 6.07) is -1.87. The Morgan fingerprint density at radius 2 is 2.39 bits per heavy atom. The second kappa shape index (κ2) is 5.46. The molecule has 0 aliphatic carbocycles. The molecule has 94 valence electrons. The van der Waals surface area contributed by atoms with Gasteiger partial charge in [0.2, 0.25) is 0 Å². The zero-order valence-electron chi connectivity index (χ0n) is 12.9. The number of aromatic nitrogens is 4. The van der Waals surface area contributed by atoms with Crippen LogP contribution in [0.4, 0.5) is 4.79 Å². The second-order valence-corrected chi connectivity index (χ2v) is 3.52. The van der Waals surface area contributed by atoms with E-state index in [1.807, 2.05) is 0 Å². The van der Waals surface area contributed by atoms with Crippen molar-refractivity contribution in [2.24, 2.45) is 5.73 Å². The summed E-state index contributed by atoms with van der Waals surface area (Å²) in [5.41, 5.74) is 4.90. The van der Waals surface area contributed by atoms with Gasteiger partial charge in [0.25, 0.3) is 0 Å². The van der Waals surface area contributed by atoms with Gasteiger partial charge >= 0.3 is 6.09 Å². The summed E-state index contributed by atoms with van der Waals surface area (Å²) in [6.45, 7) is -0.162. The summed E-state index contributed by atoms with van der Waals surface area (Å²) in [4.78, 5) is 12.1. The van der Waals surface area contributed by atoms with E-state index >= 15 is 0 Å². The van der Waals surface area contributed by atoms with Gasteiger partial charge in [0.05, 0.1) is 5.48 Å². The molecule has 0 saturated heterocycles. The minimum atomic E-state index is -1.19. The predicted molar refractivity (Wildman–Crippen MR) is 62.7 cm³/mol. The average molecular weight is 272 g/mol. The van der Waals surface area contributed by atoms with Crippen molar-refractivity contribution in [1.29, 1.82) is 0 Å². The number of primary amides is 1. The van der Waals surface area contributed by atoms with Crippen LogP contribution in [0, 0.1) is 0 Å². The summed E-state index contributed by atoms with van der Waals surface area (Å²) in [5, 5.41) is 10.6. The monoisotopic (exact) mass is 271 g/mol. The second-order valence-electron chi connectivity index (χ2n) is 3.14. The summed E-state index contributed by atoms with van der Waals surface area (Å²) in [7, 11) is 0. The summed E-state index contributed by atoms with van der Waals surface area (Å²) >= 11 is 5.99. The molecular formula is C10H10ClN5O2. The van der Waals surface area contributed by atoms with E-state index in [1.165, 1.54) is 0 Å². The smallest absolute Gasteiger partial charge is 0.405 e. The van der Waals surface area contributed by atoms with Crippen molar-refractivity contribution >= 4 is 17.7 Å². The van der Waals surface area contributed by atoms with Gasteiger partial charge < -0.3 is 10.5 Å². The normalized spacial score (nSPS) is 15.2. The Morgan fingerprint density at radius 1 is 1.61 bits per heavy atom. The van der Waals surface area contributed by atoms with Crippen LogP contribution in [0.25, 0.3) is 0 Å². The first-order valence-corrected chi connectivity index (χ1v) is 5.13. The molecule has 1 aromatic heterocycles. The standard InChI is InChI=1S/C10H10ClN5O2/c11-8-4-2-1-3-7(8)9(18-10(12)17)5-16-14-6-13-15-16/h1-4,6,9H,5H2,(H2,12,17)/i1D,2D,3D,4D. The van der Waals surface area contributed by atoms with Crippen molar-refractivity contribution in [2.45, 2.75) is 12.6 Å². The Labute approximate surface area is 113 Å². The SMILES string of the molecule is [2H]c1c([2H])c([2H])c(C(Cn2ncnn2)OC(N)=O)c(Cl)c1[2H]. The van der Waals surface area contributed by atoms with E-state index in [-0.39, 0.29) is 17.1 Å². The van der Waals surface area contributed by atoms with Crippen LogP contribution in [-0.4, -0.2) is 26.3 Å². The number of halogens is 1. The van der Waals surface area contributed by atoms with Crippen LogP contribution in [0.15, 0.2) is 30.5 Å². The van der Waals surface area contributed by atoms with Gasteiger partial charge in [-0.05, 0) is 11.3 Å². The average Bonchev–Trinajstić information content (AvgIpc) is 2.95. The van der Waals surface area contributed by atoms with Gasteiger partial charge in [-0.25, -0.2) is 4.79 Å². The maximum atomic E-state index is 11.1. The molecule has 0 fully saturated rings. The fraction of sp³-hybridized carbons (Fsp3) is 0.200. The van der Waals surface area contributed by atoms with E-state index in [9.17, 15) is 4.79 Å². The molecule has 1 amide bonds. The number of benzene rings is 1. The lowest BCUT2D eigenvalue weighted by atomic mass is 10.1. The lowest BCUT2D eigenvalue weighted by molar-refractivity contribution is 0.0901. The van der Waals surface area contributed by atoms with E-state index in [0.29, 0.717) is 0 Å². The molecule has 18 heavy (non-hydrogen) atoms. The third-order valence-corrected chi connectivity index (χ3v) is 2.27. The number of hydrogen-bond acceptors (Lipinski definition) is 5. The van der Waals surface area contributed by atoms with Crippen LogP contribution >= 0.6 is 11.6 Å². The van der Waals surface area contributed by atoms with Crippen molar-refractivity contribution in [3.8, 4) is 0 Å². The van der Waals surface area contributed by atoms with Crippen molar-refractivity contribution < 1.29 is 15.0 Å². The maximum absolute atomic E-state index is 11.1. The highest BCUT2D eigenvalue weighted by atomic mass is 35.5. The molecule has 2 aromatic rings. The number of nitrogens with two attached hydrogens (primary N) is 1. The van der Waals surface area contributed by atoms with Gasteiger partial charge in [0.15, 0.2) is 12.4 Å². The van der Waals surface area contributed by atoms with Crippen molar-refractivity contribution in [2.75, 3.05) is 0 Å². The van der Waals surface area contributed by atoms with Crippen molar-refractivity contribution in [3.05, 3.63) is 41.1 Å². The molecular weight excluding hydrogens is 258 g/mol. The van der Waals surface area contributed by atoms with Crippen molar-refractivity contribution in [1.82, 2.24) is 20.2 Å². The van der Waals surface area contributed by atoms with Crippen LogP contribution in [0.5, 0.6) is 0 Å². The number of amides is 1. The first-order valence-electron chi connectivity index (χ1n) is 6.75. The Bertz CT molecular complexity index is 683. The minimum Gasteiger partial charge on any atom is -0.439 e. The molecule has 1 aromatic carbocycles. The fourth-order valence-corrected chi connectivity index (χ4v) is 1.49. The molecule has 0 spiro atoms. The van der Waals surface area contributed by atoms with E-state index in [4.69, 9.17) is 27.6 Å². The quantitative estimate of drug-likeness (QED) is 0.900. The number of hydrogen-bond donors (Lipinski definition) is 1. The Morgan fingerprint density at radius 3 is 3.06 bits per heavy atom. The number of ether oxygens (including phenoxy) is 1. The lowest BCUT2D eigenvalue weighted by Crippen LogP contribution is -2.22. The molecule has 2 rings (SSSR count). The van der Waals surface area contributed by atoms with Crippen LogP contribution in [0.3, 0.4) is 0 Å². The first kappa shape index (κ1) is 8.04. The van der Waals surface area contributed by atoms with Gasteiger partial charge in [-0.3, -0.25) is 0 Å². The van der Waals surface area contributed by atoms with Gasteiger partial charge in [-0.15, -0.1) is 10.2 Å². The Hall–Kier alpha value is -2.15. The van der Waals surface area contributed by atoms with Gasteiger partial charge in [-0.1, -0.05) is 29.7 Å². The van der Waals surface area contributed by atoms with Crippen LogP contribution in [-0.2, 0) is 11.3 Å². The Kier molecular flexibility index (Phi) is 2.44. The minimum absolute atomic E-state index is 0.108. The van der Waals surface area contributed by atoms with E-state index in [2.05, 4.69) is 15.4 Å². The summed E-state index contributed by atoms with van der Waals surface area (Å²) in [5.74, 6) is 0. The maximum Gasteiger partial charge on any atom is 0.405 e. The molecule has 0 aliphatic rings. The van der Waals surface area contributed by atoms with Gasteiger partial charge in [-0.2, -0.15) is 4.80 Å². The number of carbonyl (C=O) groups is 1. The third-order valence-electron chi connectivity index (χ3n) is 1.97. The predicted octanol–water partition coefficient (Wildman–Crippen LogP) is 1.16. The molecule has 0 aliphatic heterocycles. The zero-order valence-corrected chi connectivity index (χ0v) is 9.68. The highest BCUT2D eigenvalue weighted by molar-refractivity contribution is 6.31. The van der Waals surface area contributed by atoms with Gasteiger partial charge in [0, 0.05) is 10.6 Å². The van der Waals surface area contributed by atoms with E-state index in [1.54, 1.807) is 0 Å². The molecule has 1 heterocycles. The largest absolute Gasteiger partial charge is 0.439 e. The number of rotatable bonds is 4. The summed E-state index contributed by atoms with van der Waals surface area (Å²) in [6.07, 6.45) is -1.17. The molecule has 8 heteroatoms. The Balaban J connectivity index is 2.54. The first-order chi connectivity index (χ1) is 10.3. The molecule has 1 atom stereocenters. The molecule has 1 unspecified atom stereocenters. The molecule has 0 bridgehead atoms. The zero-order chi connectivity index (χ0) is 16.4. The van der Waals surface area contributed by atoms with E-state index in [0.717, 1.165) is 11.1 Å². The number of nitrogens with zero attached hydrogens (tertiary/aromatic N) is 4. The molecule has 0 radical (unpaired) electrons. The van der Waals surface area contributed by atoms with Crippen LogP contribution in [0.1, 0.15) is 17.2 Å². The fourth-order valence-electron chi connectivity index (χ4n) is 1.28. The molecule has 7 nitrogen and oxygen atoms in total. The third kappa shape index (κ3) is 2.95. The number of tetrazole rings is 1. The van der Waals surface area contributed by atoms with Crippen LogP contribution < -0.4 is 5.73 Å². The van der Waals surface area contributed by atoms with Crippen LogP contribution in [0.2, 0.25) is 5.02 Å². The lowest BCUT2D eigenvalue weighted by Gasteiger charge is -2.17. The molecule has 0 saturated carbocycles. The van der Waals surface area contributed by atoms with E-state index < -0.39 is 36.4 Å². The molecule has 2 N–H and O–H groups in total.